The van der Waals surface area contributed by atoms with Crippen molar-refractivity contribution in [3.05, 3.63) is 48.2 Å². The zero-order valence-corrected chi connectivity index (χ0v) is 9.00. The van der Waals surface area contributed by atoms with Crippen LogP contribution in [0.25, 0.3) is 5.57 Å². The third-order valence-corrected chi connectivity index (χ3v) is 2.33. The molecule has 0 saturated heterocycles. The van der Waals surface area contributed by atoms with Gasteiger partial charge in [0.05, 0.1) is 0 Å². The molecule has 76 valence electrons. The average molecular weight is 196 g/mol. The minimum absolute atomic E-state index is 0.860. The lowest BCUT2D eigenvalue weighted by Crippen LogP contribution is -1.83. The largest absolute Gasteiger partial charge is 0.125 e. The number of hydrogen-bond donors (Lipinski definition) is 0. The summed E-state index contributed by atoms with van der Waals surface area (Å²) in [5, 5.41) is 0. The number of rotatable bonds is 5. The van der Waals surface area contributed by atoms with Crippen LogP contribution in [-0.4, -0.2) is 0 Å². The predicted molar refractivity (Wildman–Crippen MR) is 66.3 cm³/mol. The Morgan fingerprint density at radius 3 is 2.53 bits per heavy atom. The summed E-state index contributed by atoms with van der Waals surface area (Å²) in [6, 6.07) is 10.3. The third kappa shape index (κ3) is 3.90. The van der Waals surface area contributed by atoms with Gasteiger partial charge in [0.15, 0.2) is 0 Å². The molecule has 0 spiro atoms. The first-order valence-corrected chi connectivity index (χ1v) is 5.26. The fourth-order valence-electron chi connectivity index (χ4n) is 1.50. The van der Waals surface area contributed by atoms with Crippen molar-refractivity contribution in [2.24, 2.45) is 0 Å². The SMILES string of the molecule is C#CCCCCC(=C=C)c1ccccc1. The molecule has 15 heavy (non-hydrogen) atoms. The van der Waals surface area contributed by atoms with Crippen molar-refractivity contribution >= 4 is 5.57 Å². The number of allylic oxidation sites excluding steroid dienone is 1. The Kier molecular flexibility index (Phi) is 5.09. The minimum Gasteiger partial charge on any atom is -0.125 e. The van der Waals surface area contributed by atoms with E-state index in [1.165, 1.54) is 11.1 Å². The van der Waals surface area contributed by atoms with Crippen molar-refractivity contribution in [3.8, 4) is 12.3 Å². The van der Waals surface area contributed by atoms with Gasteiger partial charge in [-0.3, -0.25) is 0 Å². The predicted octanol–water partition coefficient (Wildman–Crippen LogP) is 4.05. The summed E-state index contributed by atoms with van der Waals surface area (Å²) in [6.45, 7) is 3.73. The van der Waals surface area contributed by atoms with E-state index in [0.29, 0.717) is 0 Å². The molecule has 0 fully saturated rings. The van der Waals surface area contributed by atoms with Crippen molar-refractivity contribution in [2.75, 3.05) is 0 Å². The second kappa shape index (κ2) is 6.71. The molecule has 0 aliphatic heterocycles. The molecule has 0 aromatic heterocycles. The molecule has 0 saturated carbocycles. The van der Waals surface area contributed by atoms with Crippen LogP contribution in [0.1, 0.15) is 31.2 Å². The summed E-state index contributed by atoms with van der Waals surface area (Å²) in [6.07, 6.45) is 9.26. The molecule has 0 bridgehead atoms. The van der Waals surface area contributed by atoms with Gasteiger partial charge in [-0.05, 0) is 24.8 Å². The van der Waals surface area contributed by atoms with E-state index in [1.807, 2.05) is 18.2 Å². The van der Waals surface area contributed by atoms with E-state index in [9.17, 15) is 0 Å². The molecule has 0 nitrogen and oxygen atoms in total. The highest BCUT2D eigenvalue weighted by Crippen LogP contribution is 2.19. The fraction of sp³-hybridized carbons (Fsp3) is 0.267. The first-order chi connectivity index (χ1) is 7.38. The molecule has 0 atom stereocenters. The fourth-order valence-corrected chi connectivity index (χ4v) is 1.50. The van der Waals surface area contributed by atoms with Gasteiger partial charge in [-0.2, -0.15) is 0 Å². The van der Waals surface area contributed by atoms with Crippen molar-refractivity contribution < 1.29 is 0 Å². The van der Waals surface area contributed by atoms with Crippen LogP contribution >= 0.6 is 0 Å². The van der Waals surface area contributed by atoms with Gasteiger partial charge >= 0.3 is 0 Å². The molecule has 1 aromatic rings. The highest BCUT2D eigenvalue weighted by Gasteiger charge is 1.99. The lowest BCUT2D eigenvalue weighted by molar-refractivity contribution is 0.780. The van der Waals surface area contributed by atoms with Gasteiger partial charge in [0.2, 0.25) is 0 Å². The van der Waals surface area contributed by atoms with Gasteiger partial charge in [0, 0.05) is 12.0 Å². The minimum atomic E-state index is 0.860. The second-order valence-corrected chi connectivity index (χ2v) is 3.43. The van der Waals surface area contributed by atoms with E-state index >= 15 is 0 Å². The Bertz CT molecular complexity index is 372. The monoisotopic (exact) mass is 196 g/mol. The van der Waals surface area contributed by atoms with E-state index in [4.69, 9.17) is 6.42 Å². The van der Waals surface area contributed by atoms with Crippen LogP contribution in [-0.2, 0) is 0 Å². The maximum absolute atomic E-state index is 5.20. The molecular formula is C15H16. The van der Waals surface area contributed by atoms with Crippen molar-refractivity contribution in [1.82, 2.24) is 0 Å². The van der Waals surface area contributed by atoms with Crippen LogP contribution in [0.15, 0.2) is 42.6 Å². The Morgan fingerprint density at radius 1 is 1.20 bits per heavy atom. The van der Waals surface area contributed by atoms with Crippen LogP contribution in [0.4, 0.5) is 0 Å². The smallest absolute Gasteiger partial charge is 0.00861 e. The summed E-state index contributed by atoms with van der Waals surface area (Å²) in [5.74, 6) is 2.65. The highest BCUT2D eigenvalue weighted by atomic mass is 14.0. The van der Waals surface area contributed by atoms with Gasteiger partial charge in [-0.1, -0.05) is 36.9 Å². The van der Waals surface area contributed by atoms with Gasteiger partial charge in [0.25, 0.3) is 0 Å². The van der Waals surface area contributed by atoms with Crippen LogP contribution < -0.4 is 0 Å². The molecule has 0 N–H and O–H groups in total. The zero-order valence-electron chi connectivity index (χ0n) is 9.00. The number of benzene rings is 1. The maximum atomic E-state index is 5.20. The molecule has 0 radical (unpaired) electrons. The van der Waals surface area contributed by atoms with E-state index in [1.54, 1.807) is 0 Å². The molecular weight excluding hydrogens is 180 g/mol. The van der Waals surface area contributed by atoms with Gasteiger partial charge < -0.3 is 0 Å². The van der Waals surface area contributed by atoms with Gasteiger partial charge in [-0.25, -0.2) is 0 Å². The standard InChI is InChI=1S/C15H16/c1-3-5-6-8-11-14(4-2)15-12-9-7-10-13-15/h1,7,9-10,12-13H,2,5-6,8,11H2. The molecule has 0 heteroatoms. The molecule has 1 rings (SSSR count). The van der Waals surface area contributed by atoms with Gasteiger partial charge in [0.1, 0.15) is 0 Å². The quantitative estimate of drug-likeness (QED) is 0.378. The molecule has 0 amide bonds. The average Bonchev–Trinajstić information content (AvgIpc) is 2.30. The van der Waals surface area contributed by atoms with Crippen LogP contribution in [0.3, 0.4) is 0 Å². The summed E-state index contributed by atoms with van der Waals surface area (Å²) < 4.78 is 0. The lowest BCUT2D eigenvalue weighted by atomic mass is 10.0. The topological polar surface area (TPSA) is 0 Å². The molecule has 1 aromatic carbocycles. The maximum Gasteiger partial charge on any atom is 0.00861 e. The first-order valence-electron chi connectivity index (χ1n) is 5.26. The van der Waals surface area contributed by atoms with E-state index < -0.39 is 0 Å². The van der Waals surface area contributed by atoms with Crippen molar-refractivity contribution in [1.29, 1.82) is 0 Å². The Morgan fingerprint density at radius 2 is 1.93 bits per heavy atom. The van der Waals surface area contributed by atoms with E-state index in [0.717, 1.165) is 25.7 Å². The Balaban J connectivity index is 2.53. The van der Waals surface area contributed by atoms with Crippen LogP contribution in [0.5, 0.6) is 0 Å². The molecule has 0 aliphatic carbocycles. The van der Waals surface area contributed by atoms with E-state index in [-0.39, 0.29) is 0 Å². The molecule has 0 unspecified atom stereocenters. The number of hydrogen-bond acceptors (Lipinski definition) is 0. The van der Waals surface area contributed by atoms with E-state index in [2.05, 4.69) is 30.4 Å². The molecule has 0 heterocycles. The third-order valence-electron chi connectivity index (χ3n) is 2.33. The molecule has 0 aliphatic rings. The van der Waals surface area contributed by atoms with Crippen LogP contribution in [0.2, 0.25) is 0 Å². The Labute approximate surface area is 92.3 Å². The van der Waals surface area contributed by atoms with Crippen molar-refractivity contribution in [3.63, 3.8) is 0 Å². The summed E-state index contributed by atoms with van der Waals surface area (Å²) in [5.41, 5.74) is 5.41. The highest BCUT2D eigenvalue weighted by molar-refractivity contribution is 5.64. The normalized spacial score (nSPS) is 9.00. The summed E-state index contributed by atoms with van der Waals surface area (Å²) >= 11 is 0. The second-order valence-electron chi connectivity index (χ2n) is 3.43. The Hall–Kier alpha value is -1.70. The zero-order chi connectivity index (χ0) is 10.9. The first kappa shape index (κ1) is 11.4. The summed E-state index contributed by atoms with van der Waals surface area (Å²) in [4.78, 5) is 0. The number of terminal acetylenes is 1. The lowest BCUT2D eigenvalue weighted by Gasteiger charge is -2.03. The number of unbranched alkanes of at least 4 members (excludes halogenated alkanes) is 2. The van der Waals surface area contributed by atoms with Crippen molar-refractivity contribution in [2.45, 2.75) is 25.7 Å². The van der Waals surface area contributed by atoms with Crippen LogP contribution in [0, 0.1) is 12.3 Å². The summed E-state index contributed by atoms with van der Waals surface area (Å²) in [7, 11) is 0. The van der Waals surface area contributed by atoms with Gasteiger partial charge in [-0.15, -0.1) is 18.1 Å².